The van der Waals surface area contributed by atoms with Gasteiger partial charge in [-0.25, -0.2) is 4.39 Å². The highest BCUT2D eigenvalue weighted by Crippen LogP contribution is 2.35. The number of halogens is 3. The van der Waals surface area contributed by atoms with Gasteiger partial charge in [0.1, 0.15) is 17.3 Å². The first-order chi connectivity index (χ1) is 8.97. The van der Waals surface area contributed by atoms with Crippen LogP contribution in [-0.2, 0) is 0 Å². The first kappa shape index (κ1) is 14.5. The topological polar surface area (TPSA) is 29.5 Å². The molecule has 0 aliphatic carbocycles. The predicted octanol–water partition coefficient (Wildman–Crippen LogP) is 5.20. The maximum absolute atomic E-state index is 13.2. The van der Waals surface area contributed by atoms with Crippen LogP contribution in [-0.4, -0.2) is 5.11 Å². The summed E-state index contributed by atoms with van der Waals surface area (Å²) in [5.41, 5.74) is 0.775. The Kier molecular flexibility index (Phi) is 4.60. The Morgan fingerprint density at radius 1 is 1.05 bits per heavy atom. The monoisotopic (exact) mass is 388 g/mol. The van der Waals surface area contributed by atoms with Crippen molar-refractivity contribution in [2.24, 2.45) is 0 Å². The number of aliphatic hydroxyl groups excluding tert-OH is 1. The number of benzene rings is 2. The van der Waals surface area contributed by atoms with Crippen LogP contribution in [0.15, 0.2) is 45.3 Å². The van der Waals surface area contributed by atoms with Gasteiger partial charge in [-0.2, -0.15) is 0 Å². The molecule has 2 nitrogen and oxygen atoms in total. The van der Waals surface area contributed by atoms with E-state index in [1.807, 2.05) is 0 Å². The van der Waals surface area contributed by atoms with Crippen LogP contribution in [0.5, 0.6) is 11.5 Å². The molecule has 2 aromatic carbocycles. The summed E-state index contributed by atoms with van der Waals surface area (Å²) in [6.07, 6.45) is -0.550. The summed E-state index contributed by atoms with van der Waals surface area (Å²) in [5, 5.41) is 9.49. The molecule has 19 heavy (non-hydrogen) atoms. The normalized spacial score (nSPS) is 12.3. The molecule has 0 radical (unpaired) electrons. The molecule has 0 saturated heterocycles. The molecule has 0 spiro atoms. The molecule has 1 atom stereocenters. The smallest absolute Gasteiger partial charge is 0.144 e. The van der Waals surface area contributed by atoms with Crippen LogP contribution in [0, 0.1) is 5.82 Å². The molecule has 0 heterocycles. The van der Waals surface area contributed by atoms with Gasteiger partial charge in [-0.15, -0.1) is 0 Å². The van der Waals surface area contributed by atoms with Crippen molar-refractivity contribution in [3.63, 3.8) is 0 Å². The summed E-state index contributed by atoms with van der Waals surface area (Å²) in [7, 11) is 0. The van der Waals surface area contributed by atoms with Gasteiger partial charge in [0.05, 0.1) is 15.0 Å². The van der Waals surface area contributed by atoms with Crippen molar-refractivity contribution in [1.29, 1.82) is 0 Å². The molecule has 0 saturated carbocycles. The van der Waals surface area contributed by atoms with Gasteiger partial charge in [-0.05, 0) is 68.6 Å². The Hall–Kier alpha value is -0.910. The van der Waals surface area contributed by atoms with E-state index in [1.54, 1.807) is 31.2 Å². The molecule has 0 amide bonds. The zero-order chi connectivity index (χ0) is 14.0. The molecule has 5 heteroatoms. The fourth-order valence-corrected chi connectivity index (χ4v) is 2.34. The maximum atomic E-state index is 13.2. The highest BCUT2D eigenvalue weighted by molar-refractivity contribution is 9.11. The average Bonchev–Trinajstić information content (AvgIpc) is 2.36. The summed E-state index contributed by atoms with van der Waals surface area (Å²) >= 11 is 6.67. The molecule has 0 fully saturated rings. The molecule has 2 aromatic rings. The SMILES string of the molecule is C[C@@H](O)c1ccc(Oc2cc(F)ccc2Br)c(Br)c1. The van der Waals surface area contributed by atoms with E-state index in [0.29, 0.717) is 20.4 Å². The lowest BCUT2D eigenvalue weighted by Crippen LogP contribution is -1.93. The van der Waals surface area contributed by atoms with Crippen LogP contribution < -0.4 is 4.74 Å². The van der Waals surface area contributed by atoms with E-state index in [-0.39, 0.29) is 5.82 Å². The summed E-state index contributed by atoms with van der Waals surface area (Å²) < 4.78 is 20.2. The highest BCUT2D eigenvalue weighted by atomic mass is 79.9. The Bertz CT molecular complexity index is 600. The minimum Gasteiger partial charge on any atom is -0.455 e. The second-order valence-electron chi connectivity index (χ2n) is 4.04. The van der Waals surface area contributed by atoms with Crippen molar-refractivity contribution in [1.82, 2.24) is 0 Å². The molecule has 0 aliphatic rings. The van der Waals surface area contributed by atoms with E-state index < -0.39 is 6.10 Å². The van der Waals surface area contributed by atoms with Crippen molar-refractivity contribution in [3.8, 4) is 11.5 Å². The lowest BCUT2D eigenvalue weighted by atomic mass is 10.1. The van der Waals surface area contributed by atoms with Crippen molar-refractivity contribution >= 4 is 31.9 Å². The fraction of sp³-hybridized carbons (Fsp3) is 0.143. The van der Waals surface area contributed by atoms with Gasteiger partial charge >= 0.3 is 0 Å². The Morgan fingerprint density at radius 2 is 1.79 bits per heavy atom. The zero-order valence-electron chi connectivity index (χ0n) is 10.0. The number of ether oxygens (including phenoxy) is 1. The predicted molar refractivity (Wildman–Crippen MR) is 78.9 cm³/mol. The van der Waals surface area contributed by atoms with Gasteiger partial charge in [0, 0.05) is 6.07 Å². The summed E-state index contributed by atoms with van der Waals surface area (Å²) in [5.74, 6) is 0.580. The number of aliphatic hydroxyl groups is 1. The van der Waals surface area contributed by atoms with Crippen molar-refractivity contribution < 1.29 is 14.2 Å². The Labute approximate surface area is 127 Å². The van der Waals surface area contributed by atoms with Gasteiger partial charge in [0.25, 0.3) is 0 Å². The second-order valence-corrected chi connectivity index (χ2v) is 5.75. The molecule has 0 unspecified atom stereocenters. The summed E-state index contributed by atoms with van der Waals surface area (Å²) in [4.78, 5) is 0. The van der Waals surface area contributed by atoms with Gasteiger partial charge in [-0.1, -0.05) is 6.07 Å². The quantitative estimate of drug-likeness (QED) is 0.781. The molecule has 0 bridgehead atoms. The largest absolute Gasteiger partial charge is 0.455 e. The summed E-state index contributed by atoms with van der Waals surface area (Å²) in [6, 6.07) is 9.50. The molecule has 1 N–H and O–H groups in total. The standard InChI is InChI=1S/C14H11Br2FO2/c1-8(18)9-2-5-13(12(16)6-9)19-14-7-10(17)3-4-11(14)15/h2-8,18H,1H3/t8-/m1/s1. The third-order valence-electron chi connectivity index (χ3n) is 2.55. The molecule has 0 aromatic heterocycles. The third-order valence-corrected chi connectivity index (χ3v) is 3.83. The highest BCUT2D eigenvalue weighted by Gasteiger charge is 2.09. The van der Waals surface area contributed by atoms with E-state index in [1.165, 1.54) is 12.1 Å². The minimum atomic E-state index is -0.550. The Morgan fingerprint density at radius 3 is 2.42 bits per heavy atom. The van der Waals surface area contributed by atoms with Crippen LogP contribution in [0.25, 0.3) is 0 Å². The Balaban J connectivity index is 2.31. The van der Waals surface area contributed by atoms with Crippen molar-refractivity contribution in [2.75, 3.05) is 0 Å². The molecule has 2 rings (SSSR count). The van der Waals surface area contributed by atoms with Crippen molar-refractivity contribution in [3.05, 3.63) is 56.7 Å². The minimum absolute atomic E-state index is 0.366. The van der Waals surface area contributed by atoms with E-state index in [4.69, 9.17) is 4.74 Å². The van der Waals surface area contributed by atoms with Gasteiger partial charge in [0.2, 0.25) is 0 Å². The number of hydrogen-bond donors (Lipinski definition) is 1. The molecule has 100 valence electrons. The first-order valence-corrected chi connectivity index (χ1v) is 7.16. The number of hydrogen-bond acceptors (Lipinski definition) is 2. The molecular formula is C14H11Br2FO2. The van der Waals surface area contributed by atoms with E-state index in [9.17, 15) is 9.50 Å². The van der Waals surface area contributed by atoms with Gasteiger partial charge < -0.3 is 9.84 Å². The van der Waals surface area contributed by atoms with E-state index in [2.05, 4.69) is 31.9 Å². The van der Waals surface area contributed by atoms with E-state index in [0.717, 1.165) is 5.56 Å². The van der Waals surface area contributed by atoms with Crippen molar-refractivity contribution in [2.45, 2.75) is 13.0 Å². The molecular weight excluding hydrogens is 379 g/mol. The zero-order valence-corrected chi connectivity index (χ0v) is 13.2. The lowest BCUT2D eigenvalue weighted by molar-refractivity contribution is 0.199. The maximum Gasteiger partial charge on any atom is 0.144 e. The number of rotatable bonds is 3. The summed E-state index contributed by atoms with van der Waals surface area (Å²) in [6.45, 7) is 1.69. The van der Waals surface area contributed by atoms with Crippen LogP contribution in [0.3, 0.4) is 0 Å². The molecule has 0 aliphatic heterocycles. The lowest BCUT2D eigenvalue weighted by Gasteiger charge is -2.12. The van der Waals surface area contributed by atoms with Crippen LogP contribution in [0.2, 0.25) is 0 Å². The van der Waals surface area contributed by atoms with Gasteiger partial charge in [0.15, 0.2) is 0 Å². The van der Waals surface area contributed by atoms with Crippen LogP contribution >= 0.6 is 31.9 Å². The van der Waals surface area contributed by atoms with E-state index >= 15 is 0 Å². The van der Waals surface area contributed by atoms with Crippen LogP contribution in [0.1, 0.15) is 18.6 Å². The fourth-order valence-electron chi connectivity index (χ4n) is 1.53. The first-order valence-electron chi connectivity index (χ1n) is 5.58. The second kappa shape index (κ2) is 6.03. The van der Waals surface area contributed by atoms with Gasteiger partial charge in [-0.3, -0.25) is 0 Å². The van der Waals surface area contributed by atoms with Crippen LogP contribution in [0.4, 0.5) is 4.39 Å². The average molecular weight is 390 g/mol. The third kappa shape index (κ3) is 3.55.